The molecular formula is C9H10N6O. The van der Waals surface area contributed by atoms with Crippen molar-refractivity contribution in [3.05, 3.63) is 30.4 Å². The van der Waals surface area contributed by atoms with Crippen molar-refractivity contribution < 1.29 is 4.79 Å². The van der Waals surface area contributed by atoms with Crippen LogP contribution in [0.3, 0.4) is 0 Å². The Bertz CT molecular complexity index is 520. The van der Waals surface area contributed by atoms with Gasteiger partial charge in [-0.15, -0.1) is 0 Å². The van der Waals surface area contributed by atoms with E-state index in [1.165, 1.54) is 10.7 Å². The van der Waals surface area contributed by atoms with Crippen LogP contribution in [0.5, 0.6) is 0 Å². The molecule has 0 aliphatic carbocycles. The van der Waals surface area contributed by atoms with Crippen molar-refractivity contribution in [1.82, 2.24) is 19.7 Å². The number of nitrogens with two attached hydrogens (primary N) is 1. The number of amides is 1. The largest absolute Gasteiger partial charge is 0.372 e. The molecule has 0 aliphatic heterocycles. The van der Waals surface area contributed by atoms with Crippen LogP contribution in [0.4, 0.5) is 5.82 Å². The SMILES string of the molecule is CNc1cncc(-n2ccc(C(N)=O)n2)n1. The zero-order valence-electron chi connectivity index (χ0n) is 8.58. The summed E-state index contributed by atoms with van der Waals surface area (Å²) >= 11 is 0. The number of anilines is 1. The van der Waals surface area contributed by atoms with Crippen molar-refractivity contribution >= 4 is 11.7 Å². The minimum absolute atomic E-state index is 0.191. The van der Waals surface area contributed by atoms with E-state index in [-0.39, 0.29) is 5.69 Å². The fraction of sp³-hybridized carbons (Fsp3) is 0.111. The first-order valence-electron chi connectivity index (χ1n) is 4.56. The van der Waals surface area contributed by atoms with Gasteiger partial charge in [-0.25, -0.2) is 9.67 Å². The predicted molar refractivity (Wildman–Crippen MR) is 57.2 cm³/mol. The van der Waals surface area contributed by atoms with Crippen LogP contribution in [0, 0.1) is 0 Å². The lowest BCUT2D eigenvalue weighted by atomic mass is 10.4. The summed E-state index contributed by atoms with van der Waals surface area (Å²) in [5.74, 6) is 0.560. The van der Waals surface area contributed by atoms with Crippen molar-refractivity contribution in [2.45, 2.75) is 0 Å². The van der Waals surface area contributed by atoms with E-state index < -0.39 is 5.91 Å². The average molecular weight is 218 g/mol. The number of nitrogens with one attached hydrogen (secondary N) is 1. The Balaban J connectivity index is 2.38. The third-order valence-electron chi connectivity index (χ3n) is 1.95. The van der Waals surface area contributed by atoms with Gasteiger partial charge in [-0.05, 0) is 6.07 Å². The lowest BCUT2D eigenvalue weighted by molar-refractivity contribution is 0.0995. The fourth-order valence-corrected chi connectivity index (χ4v) is 1.17. The van der Waals surface area contributed by atoms with Crippen LogP contribution in [0.2, 0.25) is 0 Å². The molecule has 0 bridgehead atoms. The highest BCUT2D eigenvalue weighted by atomic mass is 16.1. The summed E-state index contributed by atoms with van der Waals surface area (Å²) in [7, 11) is 1.74. The number of carbonyl (C=O) groups is 1. The lowest BCUT2D eigenvalue weighted by Gasteiger charge is -2.02. The number of hydrogen-bond acceptors (Lipinski definition) is 5. The van der Waals surface area contributed by atoms with E-state index in [1.807, 2.05) is 0 Å². The second kappa shape index (κ2) is 3.97. The Morgan fingerprint density at radius 3 is 2.94 bits per heavy atom. The second-order valence-electron chi connectivity index (χ2n) is 3.02. The molecule has 16 heavy (non-hydrogen) atoms. The molecule has 7 nitrogen and oxygen atoms in total. The molecule has 2 aromatic rings. The van der Waals surface area contributed by atoms with Gasteiger partial charge >= 0.3 is 0 Å². The van der Waals surface area contributed by atoms with E-state index in [2.05, 4.69) is 20.4 Å². The van der Waals surface area contributed by atoms with E-state index in [9.17, 15) is 4.79 Å². The second-order valence-corrected chi connectivity index (χ2v) is 3.02. The molecule has 0 atom stereocenters. The number of aromatic nitrogens is 4. The van der Waals surface area contributed by atoms with Crippen LogP contribution >= 0.6 is 0 Å². The molecule has 2 rings (SSSR count). The average Bonchev–Trinajstić information content (AvgIpc) is 2.78. The summed E-state index contributed by atoms with van der Waals surface area (Å²) in [4.78, 5) is 19.1. The van der Waals surface area contributed by atoms with E-state index in [0.717, 1.165) is 0 Å². The van der Waals surface area contributed by atoms with Gasteiger partial charge in [-0.2, -0.15) is 5.10 Å². The number of rotatable bonds is 3. The molecule has 0 unspecified atom stereocenters. The highest BCUT2D eigenvalue weighted by molar-refractivity contribution is 5.90. The van der Waals surface area contributed by atoms with Gasteiger partial charge in [0.15, 0.2) is 5.82 Å². The topological polar surface area (TPSA) is 98.7 Å². The lowest BCUT2D eigenvalue weighted by Crippen LogP contribution is -2.12. The van der Waals surface area contributed by atoms with Gasteiger partial charge < -0.3 is 11.1 Å². The van der Waals surface area contributed by atoms with E-state index in [0.29, 0.717) is 11.6 Å². The first-order chi connectivity index (χ1) is 7.70. The first kappa shape index (κ1) is 10.1. The molecule has 0 saturated carbocycles. The zero-order chi connectivity index (χ0) is 11.5. The van der Waals surface area contributed by atoms with Crippen molar-refractivity contribution in [2.75, 3.05) is 12.4 Å². The van der Waals surface area contributed by atoms with Crippen molar-refractivity contribution in [2.24, 2.45) is 5.73 Å². The van der Waals surface area contributed by atoms with E-state index in [1.54, 1.807) is 25.6 Å². The molecule has 0 spiro atoms. The molecule has 0 radical (unpaired) electrons. The van der Waals surface area contributed by atoms with Gasteiger partial charge in [-0.1, -0.05) is 0 Å². The molecule has 0 aliphatic rings. The number of primary amides is 1. The minimum Gasteiger partial charge on any atom is -0.372 e. The van der Waals surface area contributed by atoms with Gasteiger partial charge in [0.2, 0.25) is 0 Å². The third kappa shape index (κ3) is 1.83. The Morgan fingerprint density at radius 1 is 1.50 bits per heavy atom. The minimum atomic E-state index is -0.573. The summed E-state index contributed by atoms with van der Waals surface area (Å²) < 4.78 is 1.44. The highest BCUT2D eigenvalue weighted by Crippen LogP contribution is 2.06. The Labute approximate surface area is 91.3 Å². The molecule has 0 aromatic carbocycles. The molecule has 3 N–H and O–H groups in total. The van der Waals surface area contributed by atoms with Gasteiger partial charge in [-0.3, -0.25) is 9.78 Å². The third-order valence-corrected chi connectivity index (χ3v) is 1.95. The van der Waals surface area contributed by atoms with Crippen LogP contribution in [0.25, 0.3) is 5.82 Å². The van der Waals surface area contributed by atoms with Gasteiger partial charge in [0, 0.05) is 13.2 Å². The van der Waals surface area contributed by atoms with Gasteiger partial charge in [0.25, 0.3) is 5.91 Å². The molecule has 82 valence electrons. The van der Waals surface area contributed by atoms with Gasteiger partial charge in [0.05, 0.1) is 12.4 Å². The number of carbonyl (C=O) groups excluding carboxylic acids is 1. The quantitative estimate of drug-likeness (QED) is 0.743. The highest BCUT2D eigenvalue weighted by Gasteiger charge is 2.07. The summed E-state index contributed by atoms with van der Waals surface area (Å²) in [5.41, 5.74) is 5.29. The summed E-state index contributed by atoms with van der Waals surface area (Å²) in [6.07, 6.45) is 4.73. The molecule has 2 aromatic heterocycles. The van der Waals surface area contributed by atoms with Crippen molar-refractivity contribution in [1.29, 1.82) is 0 Å². The molecule has 1 amide bonds. The van der Waals surface area contributed by atoms with E-state index in [4.69, 9.17) is 5.73 Å². The zero-order valence-corrected chi connectivity index (χ0v) is 8.58. The first-order valence-corrected chi connectivity index (χ1v) is 4.56. The van der Waals surface area contributed by atoms with Crippen molar-refractivity contribution in [3.63, 3.8) is 0 Å². The van der Waals surface area contributed by atoms with Crippen LogP contribution in [-0.2, 0) is 0 Å². The Morgan fingerprint density at radius 2 is 2.31 bits per heavy atom. The molecule has 0 saturated heterocycles. The Kier molecular flexibility index (Phi) is 2.50. The van der Waals surface area contributed by atoms with Crippen LogP contribution < -0.4 is 11.1 Å². The number of nitrogens with zero attached hydrogens (tertiary/aromatic N) is 4. The number of hydrogen-bond donors (Lipinski definition) is 2. The molecule has 0 fully saturated rings. The normalized spacial score (nSPS) is 10.1. The molecular weight excluding hydrogens is 208 g/mol. The van der Waals surface area contributed by atoms with Crippen molar-refractivity contribution in [3.8, 4) is 5.82 Å². The standard InChI is InChI=1S/C9H10N6O/c1-11-7-4-12-5-8(13-7)15-3-2-6(14-15)9(10)16/h2-5H,1H3,(H2,10,16)(H,11,13). The van der Waals surface area contributed by atoms with E-state index >= 15 is 0 Å². The Hall–Kier alpha value is -2.44. The monoisotopic (exact) mass is 218 g/mol. The maximum atomic E-state index is 10.9. The summed E-state index contributed by atoms with van der Waals surface area (Å²) in [6, 6.07) is 1.52. The summed E-state index contributed by atoms with van der Waals surface area (Å²) in [6.45, 7) is 0. The maximum Gasteiger partial charge on any atom is 0.269 e. The van der Waals surface area contributed by atoms with Crippen LogP contribution in [0.15, 0.2) is 24.7 Å². The van der Waals surface area contributed by atoms with Gasteiger partial charge in [0.1, 0.15) is 11.5 Å². The summed E-state index contributed by atoms with van der Waals surface area (Å²) in [5, 5.41) is 6.83. The van der Waals surface area contributed by atoms with Crippen LogP contribution in [0.1, 0.15) is 10.5 Å². The molecule has 2 heterocycles. The predicted octanol–water partition coefficient (Wildman–Crippen LogP) is -0.197. The fourth-order valence-electron chi connectivity index (χ4n) is 1.17. The van der Waals surface area contributed by atoms with Crippen LogP contribution in [-0.4, -0.2) is 32.7 Å². The maximum absolute atomic E-state index is 10.9. The smallest absolute Gasteiger partial charge is 0.269 e. The molecule has 7 heteroatoms.